The van der Waals surface area contributed by atoms with Crippen LogP contribution in [0.2, 0.25) is 18.7 Å². The van der Waals surface area contributed by atoms with Gasteiger partial charge in [0, 0.05) is 0 Å². The van der Waals surface area contributed by atoms with Crippen LogP contribution in [0.3, 0.4) is 0 Å². The topological polar surface area (TPSA) is 0 Å². The van der Waals surface area contributed by atoms with Gasteiger partial charge in [0.05, 0.1) is 0 Å². The maximum absolute atomic E-state index is 4.46. The van der Waals surface area contributed by atoms with Gasteiger partial charge in [0.1, 0.15) is 0 Å². The Morgan fingerprint density at radius 2 is 1.00 bits per heavy atom. The summed E-state index contributed by atoms with van der Waals surface area (Å²) in [6.45, 7) is 7.15. The Balaban J connectivity index is 2.10. The van der Waals surface area contributed by atoms with Crippen LogP contribution in [-0.2, 0) is 14.2 Å². The van der Waals surface area contributed by atoms with Crippen LogP contribution < -0.4 is 0 Å². The third-order valence-corrected chi connectivity index (χ3v) is 41.5. The molecule has 2 heteroatoms. The predicted octanol–water partition coefficient (Wildman–Crippen LogP) is 6.80. The molecule has 2 aliphatic rings. The molecule has 0 aromatic heterocycles. The second kappa shape index (κ2) is 4.36. The molecule has 0 radical (unpaired) electrons. The van der Waals surface area contributed by atoms with Crippen molar-refractivity contribution in [1.29, 1.82) is 0 Å². The van der Waals surface area contributed by atoms with Crippen molar-refractivity contribution >= 4 is 19.1 Å². The summed E-state index contributed by atoms with van der Waals surface area (Å²) in [5.41, 5.74) is 9.07. The second-order valence-electron chi connectivity index (χ2n) is 13.2. The van der Waals surface area contributed by atoms with Crippen LogP contribution in [0, 0.1) is 0 Å². The molecule has 0 aliphatic heterocycles. The first-order valence-electron chi connectivity index (χ1n) is 9.90. The number of hydrogen-bond acceptors (Lipinski definition) is 0. The van der Waals surface area contributed by atoms with Gasteiger partial charge in [-0.3, -0.25) is 0 Å². The number of hydrogen-bond donors (Lipinski definition) is 0. The van der Waals surface area contributed by atoms with Crippen molar-refractivity contribution in [3.63, 3.8) is 0 Å². The van der Waals surface area contributed by atoms with Gasteiger partial charge in [-0.15, -0.1) is 0 Å². The molecule has 2 atom stereocenters. The fourth-order valence-electron chi connectivity index (χ4n) is 7.17. The first kappa shape index (κ1) is 18.4. The van der Waals surface area contributed by atoms with Crippen molar-refractivity contribution in [2.75, 3.05) is 0 Å². The molecular weight excluding hydrogens is 495 g/mol. The van der Waals surface area contributed by atoms with Gasteiger partial charge in [-0.1, -0.05) is 0 Å². The third-order valence-electron chi connectivity index (χ3n) is 7.34. The first-order valence-corrected chi connectivity index (χ1v) is 36.7. The Kier molecular flexibility index (Phi) is 3.08. The fourth-order valence-corrected chi connectivity index (χ4v) is 48.8. The van der Waals surface area contributed by atoms with Crippen LogP contribution in [0.1, 0.15) is 43.5 Å². The fraction of sp³-hybridized carbons (Fsp3) is 0.333. The summed E-state index contributed by atoms with van der Waals surface area (Å²) in [6, 6.07) is 18.2. The molecular formula is C24H32HfSi. The average molecular weight is 527 g/mol. The van der Waals surface area contributed by atoms with Gasteiger partial charge >= 0.3 is 155 Å². The molecule has 2 unspecified atom stereocenters. The van der Waals surface area contributed by atoms with Crippen LogP contribution in [0.5, 0.6) is 0 Å². The predicted molar refractivity (Wildman–Crippen MR) is 118 cm³/mol. The number of rotatable bonds is 2. The summed E-state index contributed by atoms with van der Waals surface area (Å²) in [7, 11) is 0. The summed E-state index contributed by atoms with van der Waals surface area (Å²) in [6.07, 6.45) is 4.89. The van der Waals surface area contributed by atoms with E-state index in [0.717, 1.165) is 0 Å². The van der Waals surface area contributed by atoms with E-state index in [1.807, 2.05) is 0 Å². The molecule has 4 rings (SSSR count). The average Bonchev–Trinajstić information content (AvgIpc) is 3.02. The molecule has 0 bridgehead atoms. The molecule has 0 saturated heterocycles. The Labute approximate surface area is 154 Å². The summed E-state index contributed by atoms with van der Waals surface area (Å²) >= 11 is -4.46. The van der Waals surface area contributed by atoms with Gasteiger partial charge in [0.15, 0.2) is 0 Å². The van der Waals surface area contributed by atoms with Crippen molar-refractivity contribution in [3.8, 4) is 0 Å². The van der Waals surface area contributed by atoms with Crippen molar-refractivity contribution in [2.24, 2.45) is 0 Å². The van der Waals surface area contributed by atoms with Gasteiger partial charge in [0.2, 0.25) is 0 Å². The van der Waals surface area contributed by atoms with E-state index in [1.54, 1.807) is 22.3 Å². The molecule has 136 valence electrons. The van der Waals surface area contributed by atoms with Crippen LogP contribution in [-0.4, -0.2) is 6.94 Å². The van der Waals surface area contributed by atoms with Crippen molar-refractivity contribution in [3.05, 3.63) is 81.9 Å². The van der Waals surface area contributed by atoms with E-state index in [-0.39, 0.29) is 0 Å². The quantitative estimate of drug-likeness (QED) is 0.377. The number of allylic oxidation sites excluding steroid dienone is 2. The van der Waals surface area contributed by atoms with E-state index < -0.39 is 14.2 Å². The Morgan fingerprint density at radius 3 is 1.38 bits per heavy atom. The Morgan fingerprint density at radius 1 is 0.654 bits per heavy atom. The monoisotopic (exact) mass is 528 g/mol. The maximum atomic E-state index is 2.72. The molecule has 2 aliphatic carbocycles. The Bertz CT molecular complexity index is 1060. The van der Waals surface area contributed by atoms with Gasteiger partial charge in [-0.2, -0.15) is 0 Å². The van der Waals surface area contributed by atoms with Gasteiger partial charge in [-0.25, -0.2) is 0 Å². The van der Waals surface area contributed by atoms with Crippen molar-refractivity contribution < 1.29 is 14.2 Å². The van der Waals surface area contributed by atoms with E-state index in [9.17, 15) is 0 Å². The Hall–Kier alpha value is -0.993. The zero-order valence-corrected chi connectivity index (χ0v) is 22.1. The van der Waals surface area contributed by atoms with E-state index in [1.165, 1.54) is 11.1 Å². The summed E-state index contributed by atoms with van der Waals surface area (Å²) in [5, 5.41) is 0. The number of benzene rings is 2. The van der Waals surface area contributed by atoms with Crippen molar-refractivity contribution in [2.45, 2.75) is 39.9 Å². The molecule has 0 N–H and O–H groups in total. The van der Waals surface area contributed by atoms with E-state index >= 15 is 0 Å². The molecule has 26 heavy (non-hydrogen) atoms. The molecule has 0 heterocycles. The zero-order valence-electron chi connectivity index (χ0n) is 17.1. The second-order valence-corrected chi connectivity index (χ2v) is 99.6. The third kappa shape index (κ3) is 2.34. The molecule has 0 amide bonds. The van der Waals surface area contributed by atoms with Crippen LogP contribution in [0.25, 0.3) is 12.2 Å². The summed E-state index contributed by atoms with van der Waals surface area (Å²) in [5.74, 6) is 0. The minimum atomic E-state index is -4.46. The van der Waals surface area contributed by atoms with Crippen LogP contribution in [0.15, 0.2) is 59.7 Å². The zero-order chi connectivity index (χ0) is 19.1. The van der Waals surface area contributed by atoms with Crippen molar-refractivity contribution in [1.82, 2.24) is 0 Å². The standard InChI is InChI=1S/2C10H9.4CH3.Hf.H2Si/c2*1-8-6-9-4-2-3-5-10(9)7-8;;;;;;/h2*2-7H,1H3;4*1H3;;1H2. The number of fused-ring (bicyclic) bond motifs is 2. The van der Waals surface area contributed by atoms with Crippen LogP contribution in [0.4, 0.5) is 0 Å². The molecule has 0 saturated carbocycles. The van der Waals surface area contributed by atoms with Gasteiger partial charge in [-0.05, 0) is 0 Å². The molecule has 0 nitrogen and oxygen atoms in total. The SMILES string of the molecule is CC1=Cc2ccccc2[CH]1[Hf]([CH3])([CH3])([CH3])([CH3])(=[SiH2])[CH]1C(C)=Cc2ccccc21. The molecule has 0 fully saturated rings. The van der Waals surface area contributed by atoms with E-state index in [0.29, 0.717) is 7.35 Å². The van der Waals surface area contributed by atoms with E-state index in [4.69, 9.17) is 0 Å². The van der Waals surface area contributed by atoms with Gasteiger partial charge in [0.25, 0.3) is 0 Å². The molecule has 2 aromatic rings. The molecule has 2 aromatic carbocycles. The first-order chi connectivity index (χ1) is 11.7. The molecule has 0 spiro atoms. The van der Waals surface area contributed by atoms with Gasteiger partial charge < -0.3 is 0 Å². The summed E-state index contributed by atoms with van der Waals surface area (Å²) < 4.78 is 11.9. The minimum absolute atomic E-state index is 0.535. The normalized spacial score (nSPS) is 25.8. The van der Waals surface area contributed by atoms with E-state index in [2.05, 4.69) is 100 Å². The summed E-state index contributed by atoms with van der Waals surface area (Å²) in [4.78, 5) is 0. The van der Waals surface area contributed by atoms with Crippen LogP contribution >= 0.6 is 0 Å².